The molecule has 0 saturated carbocycles. The van der Waals surface area contributed by atoms with E-state index in [1.54, 1.807) is 31.2 Å². The van der Waals surface area contributed by atoms with Gasteiger partial charge in [0.1, 0.15) is 22.7 Å². The monoisotopic (exact) mass is 393 g/mol. The molecule has 2 atom stereocenters. The molecule has 0 bridgehead atoms. The summed E-state index contributed by atoms with van der Waals surface area (Å²) in [5.74, 6) is -1.91. The van der Waals surface area contributed by atoms with E-state index in [1.807, 2.05) is 6.92 Å². The average Bonchev–Trinajstić information content (AvgIpc) is 3.16. The summed E-state index contributed by atoms with van der Waals surface area (Å²) in [6.07, 6.45) is 0.589. The van der Waals surface area contributed by atoms with E-state index in [0.29, 0.717) is 27.6 Å². The zero-order valence-corrected chi connectivity index (χ0v) is 15.7. The van der Waals surface area contributed by atoms with Crippen LogP contribution in [0, 0.1) is 5.92 Å². The van der Waals surface area contributed by atoms with Gasteiger partial charge in [0.15, 0.2) is 0 Å². The van der Waals surface area contributed by atoms with Gasteiger partial charge in [-0.1, -0.05) is 48.5 Å². The summed E-state index contributed by atoms with van der Waals surface area (Å²) in [5, 5.41) is 3.78. The van der Waals surface area contributed by atoms with Crippen molar-refractivity contribution >= 4 is 40.9 Å². The van der Waals surface area contributed by atoms with Crippen molar-refractivity contribution in [1.82, 2.24) is 14.5 Å². The molecule has 26 heavy (non-hydrogen) atoms. The lowest BCUT2D eigenvalue weighted by Crippen LogP contribution is -2.49. The van der Waals surface area contributed by atoms with E-state index in [1.165, 1.54) is 0 Å². The number of rotatable bonds is 6. The van der Waals surface area contributed by atoms with Gasteiger partial charge in [0.25, 0.3) is 11.8 Å². The molecule has 1 aliphatic heterocycles. The third-order valence-electron chi connectivity index (χ3n) is 4.39. The van der Waals surface area contributed by atoms with Gasteiger partial charge in [0, 0.05) is 11.5 Å². The smallest absolute Gasteiger partial charge is 0.330 e. The van der Waals surface area contributed by atoms with Crippen LogP contribution in [-0.2, 0) is 16.1 Å². The highest BCUT2D eigenvalue weighted by molar-refractivity contribution is 7.10. The maximum absolute atomic E-state index is 12.7. The number of fused-ring (bicyclic) bond motifs is 1. The van der Waals surface area contributed by atoms with Crippen LogP contribution in [0.3, 0.4) is 0 Å². The van der Waals surface area contributed by atoms with Gasteiger partial charge in [-0.2, -0.15) is 0 Å². The van der Waals surface area contributed by atoms with E-state index in [4.69, 9.17) is 16.3 Å². The van der Waals surface area contributed by atoms with E-state index in [2.05, 4.69) is 9.59 Å². The highest BCUT2D eigenvalue weighted by atomic mass is 35.5. The third kappa shape index (κ3) is 3.22. The van der Waals surface area contributed by atoms with Crippen molar-refractivity contribution in [1.29, 1.82) is 0 Å². The normalized spacial score (nSPS) is 15.7. The topological polar surface area (TPSA) is 89.5 Å². The van der Waals surface area contributed by atoms with Crippen LogP contribution in [0.1, 0.15) is 46.7 Å². The van der Waals surface area contributed by atoms with Crippen molar-refractivity contribution in [2.24, 2.45) is 5.92 Å². The molecular formula is C17H16ClN3O4S. The number of nitrogens with zero attached hydrogens (tertiary/aromatic N) is 3. The molecule has 0 spiro atoms. The maximum Gasteiger partial charge on any atom is 0.330 e. The molecule has 0 saturated heterocycles. The SMILES string of the molecule is CC[C@H](C)[C@@H](C(=O)OCc1nnsc1Cl)N1C(=O)c2ccccc2C1=O. The number of carbonyl (C=O) groups excluding carboxylic acids is 3. The van der Waals surface area contributed by atoms with Crippen LogP contribution in [0.15, 0.2) is 24.3 Å². The first kappa shape index (κ1) is 18.5. The highest BCUT2D eigenvalue weighted by Crippen LogP contribution is 2.29. The first-order valence-corrected chi connectivity index (χ1v) is 9.21. The Balaban J connectivity index is 1.85. The van der Waals surface area contributed by atoms with Crippen molar-refractivity contribution in [2.45, 2.75) is 32.9 Å². The fourth-order valence-electron chi connectivity index (χ4n) is 2.78. The average molecular weight is 394 g/mol. The second kappa shape index (κ2) is 7.51. The molecule has 2 amide bonds. The van der Waals surface area contributed by atoms with E-state index in [0.717, 1.165) is 16.4 Å². The summed E-state index contributed by atoms with van der Waals surface area (Å²) < 4.78 is 9.30. The number of hydrogen-bond acceptors (Lipinski definition) is 7. The number of imide groups is 1. The molecule has 1 aromatic carbocycles. The first-order valence-electron chi connectivity index (χ1n) is 8.06. The zero-order valence-electron chi connectivity index (χ0n) is 14.1. The molecule has 0 radical (unpaired) electrons. The molecule has 3 rings (SSSR count). The molecule has 136 valence electrons. The lowest BCUT2D eigenvalue weighted by atomic mass is 9.97. The van der Waals surface area contributed by atoms with E-state index in [-0.39, 0.29) is 12.5 Å². The van der Waals surface area contributed by atoms with Crippen LogP contribution in [0.4, 0.5) is 0 Å². The molecular weight excluding hydrogens is 378 g/mol. The van der Waals surface area contributed by atoms with Crippen molar-refractivity contribution in [2.75, 3.05) is 0 Å². The minimum Gasteiger partial charge on any atom is -0.457 e. The lowest BCUT2D eigenvalue weighted by molar-refractivity contribution is -0.151. The van der Waals surface area contributed by atoms with Crippen molar-refractivity contribution < 1.29 is 19.1 Å². The number of esters is 1. The van der Waals surface area contributed by atoms with Crippen LogP contribution in [0.25, 0.3) is 0 Å². The van der Waals surface area contributed by atoms with Crippen LogP contribution >= 0.6 is 23.1 Å². The molecule has 0 aliphatic carbocycles. The number of ether oxygens (including phenoxy) is 1. The zero-order chi connectivity index (χ0) is 18.8. The standard InChI is InChI=1S/C17H16ClN3O4S/c1-3-9(2)13(17(24)25-8-12-14(18)26-20-19-12)21-15(22)10-6-4-5-7-11(10)16(21)23/h4-7,9,13H,3,8H2,1-2H3/t9-,13-/m0/s1. The predicted octanol–water partition coefficient (Wildman–Crippen LogP) is 2.95. The molecule has 9 heteroatoms. The predicted molar refractivity (Wildman–Crippen MR) is 94.9 cm³/mol. The van der Waals surface area contributed by atoms with Gasteiger partial charge in [-0.05, 0) is 18.1 Å². The Morgan fingerprint density at radius 3 is 2.38 bits per heavy atom. The Hall–Kier alpha value is -2.32. The molecule has 7 nitrogen and oxygen atoms in total. The summed E-state index contributed by atoms with van der Waals surface area (Å²) in [5.41, 5.74) is 0.936. The number of benzene rings is 1. The van der Waals surface area contributed by atoms with E-state index < -0.39 is 23.8 Å². The minimum atomic E-state index is -1.02. The number of halogens is 1. The Bertz CT molecular complexity index is 834. The maximum atomic E-state index is 12.7. The van der Waals surface area contributed by atoms with Gasteiger partial charge < -0.3 is 4.74 Å². The van der Waals surface area contributed by atoms with E-state index >= 15 is 0 Å². The first-order chi connectivity index (χ1) is 12.5. The molecule has 0 fully saturated rings. The fraction of sp³-hybridized carbons (Fsp3) is 0.353. The van der Waals surface area contributed by atoms with Gasteiger partial charge >= 0.3 is 5.97 Å². The van der Waals surface area contributed by atoms with Crippen molar-refractivity contribution in [3.8, 4) is 0 Å². The van der Waals surface area contributed by atoms with Gasteiger partial charge in [0.2, 0.25) is 0 Å². The van der Waals surface area contributed by atoms with Gasteiger partial charge in [-0.15, -0.1) is 5.10 Å². The summed E-state index contributed by atoms with van der Waals surface area (Å²) in [4.78, 5) is 39.2. The summed E-state index contributed by atoms with van der Waals surface area (Å²) >= 11 is 6.90. The van der Waals surface area contributed by atoms with Crippen LogP contribution < -0.4 is 0 Å². The number of aromatic nitrogens is 2. The molecule has 1 aromatic heterocycles. The number of carbonyl (C=O) groups is 3. The number of hydrogen-bond donors (Lipinski definition) is 0. The Morgan fingerprint density at radius 1 is 1.27 bits per heavy atom. The molecule has 2 heterocycles. The molecule has 0 N–H and O–H groups in total. The van der Waals surface area contributed by atoms with Crippen LogP contribution in [0.5, 0.6) is 0 Å². The van der Waals surface area contributed by atoms with Gasteiger partial charge in [-0.25, -0.2) is 4.79 Å². The molecule has 0 unspecified atom stereocenters. The Morgan fingerprint density at radius 2 is 1.88 bits per heavy atom. The van der Waals surface area contributed by atoms with Gasteiger partial charge in [0.05, 0.1) is 11.1 Å². The summed E-state index contributed by atoms with van der Waals surface area (Å²) in [6, 6.07) is 5.51. The lowest BCUT2D eigenvalue weighted by Gasteiger charge is -2.28. The number of amides is 2. The minimum absolute atomic E-state index is 0.162. The van der Waals surface area contributed by atoms with E-state index in [9.17, 15) is 14.4 Å². The van der Waals surface area contributed by atoms with Crippen LogP contribution in [0.2, 0.25) is 4.34 Å². The Labute approximate surface area is 159 Å². The molecule has 1 aliphatic rings. The largest absolute Gasteiger partial charge is 0.457 e. The van der Waals surface area contributed by atoms with Gasteiger partial charge in [-0.3, -0.25) is 14.5 Å². The van der Waals surface area contributed by atoms with Crippen LogP contribution in [-0.4, -0.2) is 38.3 Å². The Kier molecular flexibility index (Phi) is 5.33. The summed E-state index contributed by atoms with van der Waals surface area (Å²) in [7, 11) is 0. The second-order valence-electron chi connectivity index (χ2n) is 5.96. The molecule has 2 aromatic rings. The fourth-order valence-corrected chi connectivity index (χ4v) is 3.39. The van der Waals surface area contributed by atoms with Crippen molar-refractivity contribution in [3.05, 3.63) is 45.4 Å². The second-order valence-corrected chi connectivity index (χ2v) is 7.31. The summed E-state index contributed by atoms with van der Waals surface area (Å²) in [6.45, 7) is 3.52. The van der Waals surface area contributed by atoms with Crippen molar-refractivity contribution in [3.63, 3.8) is 0 Å². The third-order valence-corrected chi connectivity index (χ3v) is 5.37. The highest BCUT2D eigenvalue weighted by Gasteiger charge is 2.45. The quantitative estimate of drug-likeness (QED) is 0.553.